The summed E-state index contributed by atoms with van der Waals surface area (Å²) in [6, 6.07) is 0. The highest BCUT2D eigenvalue weighted by molar-refractivity contribution is 7.85. The number of Topliss-reactive ketones (excluding diaryl/α,β-unsaturated/α-hetero) is 1. The maximum Gasteiger partial charge on any atom is 0.264 e. The second-order valence-corrected chi connectivity index (χ2v) is 7.59. The zero-order chi connectivity index (χ0) is 13.3. The summed E-state index contributed by atoms with van der Waals surface area (Å²) in [7, 11) is -3.37. The molecule has 0 aromatic heterocycles. The highest BCUT2D eigenvalue weighted by atomic mass is 32.2. The van der Waals surface area contributed by atoms with Gasteiger partial charge in [0.2, 0.25) is 0 Å². The van der Waals surface area contributed by atoms with Gasteiger partial charge in [0.25, 0.3) is 10.1 Å². The Balaban J connectivity index is 1.75. The minimum absolute atomic E-state index is 0.0603. The van der Waals surface area contributed by atoms with Crippen LogP contribution in [0.1, 0.15) is 39.0 Å². The molecule has 0 unspecified atom stereocenters. The average molecular weight is 274 g/mol. The summed E-state index contributed by atoms with van der Waals surface area (Å²) >= 11 is 0. The zero-order valence-electron chi connectivity index (χ0n) is 11.1. The fourth-order valence-electron chi connectivity index (χ4n) is 2.84. The van der Waals surface area contributed by atoms with Crippen LogP contribution in [0.5, 0.6) is 0 Å². The van der Waals surface area contributed by atoms with Gasteiger partial charge in [-0.1, -0.05) is 19.8 Å². The van der Waals surface area contributed by atoms with Gasteiger partial charge in [-0.2, -0.15) is 8.42 Å². The lowest BCUT2D eigenvalue weighted by molar-refractivity contribution is -0.125. The predicted molar refractivity (Wildman–Crippen MR) is 68.5 cm³/mol. The van der Waals surface area contributed by atoms with E-state index in [2.05, 4.69) is 6.92 Å². The molecule has 2 atom stereocenters. The molecule has 0 aliphatic heterocycles. The first-order chi connectivity index (χ1) is 8.37. The molecule has 18 heavy (non-hydrogen) atoms. The summed E-state index contributed by atoms with van der Waals surface area (Å²) in [4.78, 5) is 12.2. The molecule has 2 aliphatic carbocycles. The number of carbonyl (C=O) groups excluding carboxylic acids is 1. The Morgan fingerprint density at radius 2 is 1.83 bits per heavy atom. The van der Waals surface area contributed by atoms with E-state index in [1.54, 1.807) is 0 Å². The van der Waals surface area contributed by atoms with Gasteiger partial charge in [-0.15, -0.1) is 0 Å². The van der Waals surface area contributed by atoms with Crippen LogP contribution in [0.15, 0.2) is 0 Å². The number of ketones is 1. The number of hydrogen-bond donors (Lipinski definition) is 0. The molecule has 0 aromatic rings. The second-order valence-electron chi connectivity index (χ2n) is 5.95. The Kier molecular flexibility index (Phi) is 4.11. The predicted octanol–water partition coefficient (Wildman–Crippen LogP) is 1.99. The molecule has 0 amide bonds. The lowest BCUT2D eigenvalue weighted by Crippen LogP contribution is -2.23. The maximum atomic E-state index is 12.2. The van der Waals surface area contributed by atoms with Crippen LogP contribution in [0, 0.1) is 23.7 Å². The molecule has 2 rings (SSSR count). The zero-order valence-corrected chi connectivity index (χ0v) is 11.9. The number of carbonyl (C=O) groups is 1. The minimum Gasteiger partial charge on any atom is -0.299 e. The van der Waals surface area contributed by atoms with E-state index >= 15 is 0 Å². The van der Waals surface area contributed by atoms with Crippen molar-refractivity contribution in [3.05, 3.63) is 0 Å². The van der Waals surface area contributed by atoms with Crippen molar-refractivity contribution >= 4 is 15.9 Å². The van der Waals surface area contributed by atoms with Crippen molar-refractivity contribution in [1.29, 1.82) is 0 Å². The Morgan fingerprint density at radius 1 is 1.22 bits per heavy atom. The molecule has 0 heterocycles. The number of hydrogen-bond acceptors (Lipinski definition) is 4. The summed E-state index contributed by atoms with van der Waals surface area (Å²) < 4.78 is 26.5. The summed E-state index contributed by atoms with van der Waals surface area (Å²) in [5.74, 6) is 1.51. The lowest BCUT2D eigenvalue weighted by Gasteiger charge is -2.25. The highest BCUT2D eigenvalue weighted by Crippen LogP contribution is 2.44. The van der Waals surface area contributed by atoms with Gasteiger partial charge in [0.15, 0.2) is 0 Å². The molecule has 2 saturated carbocycles. The Bertz CT molecular complexity index is 407. The first-order valence-corrected chi connectivity index (χ1v) is 8.56. The van der Waals surface area contributed by atoms with Crippen molar-refractivity contribution in [2.45, 2.75) is 39.0 Å². The molecule has 0 spiro atoms. The second kappa shape index (κ2) is 5.29. The van der Waals surface area contributed by atoms with Crippen LogP contribution < -0.4 is 0 Å². The Hall–Kier alpha value is -0.420. The van der Waals surface area contributed by atoms with Crippen LogP contribution in [-0.2, 0) is 19.1 Å². The molecular weight excluding hydrogens is 252 g/mol. The van der Waals surface area contributed by atoms with E-state index in [0.29, 0.717) is 5.78 Å². The fourth-order valence-corrected chi connectivity index (χ4v) is 3.26. The Morgan fingerprint density at radius 3 is 2.39 bits per heavy atom. The van der Waals surface area contributed by atoms with Crippen molar-refractivity contribution in [3.63, 3.8) is 0 Å². The van der Waals surface area contributed by atoms with Gasteiger partial charge >= 0.3 is 0 Å². The van der Waals surface area contributed by atoms with E-state index in [4.69, 9.17) is 4.18 Å². The summed E-state index contributed by atoms with van der Waals surface area (Å²) in [6.45, 7) is 2.42. The first kappa shape index (κ1) is 14.0. The van der Waals surface area contributed by atoms with Crippen molar-refractivity contribution in [2.24, 2.45) is 23.7 Å². The molecular formula is C13H22O4S. The van der Waals surface area contributed by atoms with Gasteiger partial charge in [-0.05, 0) is 31.1 Å². The third-order valence-corrected chi connectivity index (χ3v) is 4.77. The van der Waals surface area contributed by atoms with E-state index in [1.807, 2.05) is 0 Å². The maximum absolute atomic E-state index is 12.2. The van der Waals surface area contributed by atoms with E-state index in [-0.39, 0.29) is 24.4 Å². The van der Waals surface area contributed by atoms with Gasteiger partial charge in [-0.25, -0.2) is 0 Å². The molecule has 0 bridgehead atoms. The molecule has 0 saturated heterocycles. The van der Waals surface area contributed by atoms with E-state index in [1.165, 1.54) is 0 Å². The molecule has 104 valence electrons. The average Bonchev–Trinajstić information content (AvgIpc) is 3.05. The smallest absolute Gasteiger partial charge is 0.264 e. The van der Waals surface area contributed by atoms with Crippen LogP contribution in [0.4, 0.5) is 0 Å². The van der Waals surface area contributed by atoms with Crippen molar-refractivity contribution < 1.29 is 17.4 Å². The van der Waals surface area contributed by atoms with Crippen LogP contribution in [0.3, 0.4) is 0 Å². The van der Waals surface area contributed by atoms with Crippen molar-refractivity contribution in [3.8, 4) is 0 Å². The highest BCUT2D eigenvalue weighted by Gasteiger charge is 2.45. The van der Waals surface area contributed by atoms with Gasteiger partial charge in [0, 0.05) is 11.8 Å². The molecule has 5 heteroatoms. The van der Waals surface area contributed by atoms with Crippen LogP contribution in [0.25, 0.3) is 0 Å². The first-order valence-electron chi connectivity index (χ1n) is 6.75. The third-order valence-electron chi connectivity index (χ3n) is 4.20. The lowest BCUT2D eigenvalue weighted by atomic mass is 9.79. The van der Waals surface area contributed by atoms with Crippen LogP contribution in [0.2, 0.25) is 0 Å². The standard InChI is InChI=1S/C13H22O4S/c1-9-3-5-10(6-4-9)13(14)12-7-11(12)8-17-18(2,15)16/h9-12H,3-8H2,1-2H3/t9?,10?,11-,12+/m0/s1. The largest absolute Gasteiger partial charge is 0.299 e. The Labute approximate surface area is 109 Å². The minimum atomic E-state index is -3.37. The molecule has 2 aliphatic rings. The molecule has 0 radical (unpaired) electrons. The van der Waals surface area contributed by atoms with E-state index in [9.17, 15) is 13.2 Å². The summed E-state index contributed by atoms with van der Waals surface area (Å²) in [5.41, 5.74) is 0. The summed E-state index contributed by atoms with van der Waals surface area (Å²) in [6.07, 6.45) is 6.17. The molecule has 0 N–H and O–H groups in total. The SMILES string of the molecule is CC1CCC(C(=O)[C@@H]2C[C@H]2COS(C)(=O)=O)CC1. The molecule has 0 aromatic carbocycles. The molecule has 2 fully saturated rings. The van der Waals surface area contributed by atoms with Crippen LogP contribution >= 0.6 is 0 Å². The van der Waals surface area contributed by atoms with Crippen molar-refractivity contribution in [1.82, 2.24) is 0 Å². The van der Waals surface area contributed by atoms with Gasteiger partial charge in [0.1, 0.15) is 5.78 Å². The van der Waals surface area contributed by atoms with Gasteiger partial charge < -0.3 is 0 Å². The monoisotopic (exact) mass is 274 g/mol. The normalized spacial score (nSPS) is 36.3. The van der Waals surface area contributed by atoms with Gasteiger partial charge in [-0.3, -0.25) is 8.98 Å². The topological polar surface area (TPSA) is 60.4 Å². The number of rotatable bonds is 5. The van der Waals surface area contributed by atoms with Crippen LogP contribution in [-0.4, -0.2) is 27.1 Å². The van der Waals surface area contributed by atoms with Crippen molar-refractivity contribution in [2.75, 3.05) is 12.9 Å². The molecule has 4 nitrogen and oxygen atoms in total. The fraction of sp³-hybridized carbons (Fsp3) is 0.923. The quantitative estimate of drug-likeness (QED) is 0.719. The third kappa shape index (κ3) is 3.79. The van der Waals surface area contributed by atoms with E-state index < -0.39 is 10.1 Å². The summed E-state index contributed by atoms with van der Waals surface area (Å²) in [5, 5.41) is 0. The van der Waals surface area contributed by atoms with Gasteiger partial charge in [0.05, 0.1) is 12.9 Å². The van der Waals surface area contributed by atoms with E-state index in [0.717, 1.165) is 44.3 Å².